The number of nitrogens with one attached hydrogen (secondary N) is 2. The third-order valence-electron chi connectivity index (χ3n) is 3.93. The molecule has 0 aliphatic rings. The monoisotopic (exact) mass is 398 g/mol. The largest absolute Gasteiger partial charge is 0.489 e. The zero-order valence-corrected chi connectivity index (χ0v) is 16.2. The molecule has 0 aliphatic heterocycles. The lowest BCUT2D eigenvalue weighted by Crippen LogP contribution is -2.21. The summed E-state index contributed by atoms with van der Waals surface area (Å²) in [5, 5.41) is 9.95. The highest BCUT2D eigenvalue weighted by Crippen LogP contribution is 2.18. The third-order valence-corrected chi connectivity index (χ3v) is 4.18. The van der Waals surface area contributed by atoms with Gasteiger partial charge in [-0.1, -0.05) is 23.7 Å². The molecule has 0 spiro atoms. The van der Waals surface area contributed by atoms with Crippen molar-refractivity contribution < 1.29 is 14.3 Å². The number of benzene rings is 2. The van der Waals surface area contributed by atoms with Crippen LogP contribution in [0.15, 0.2) is 54.7 Å². The first-order valence-electron chi connectivity index (χ1n) is 8.50. The highest BCUT2D eigenvalue weighted by Gasteiger charge is 2.17. The maximum Gasteiger partial charge on any atom is 0.273 e. The highest BCUT2D eigenvalue weighted by molar-refractivity contribution is 6.30. The molecule has 0 atom stereocenters. The van der Waals surface area contributed by atoms with Gasteiger partial charge in [-0.05, 0) is 42.0 Å². The summed E-state index contributed by atoms with van der Waals surface area (Å²) < 4.78 is 7.18. The Morgan fingerprint density at radius 3 is 2.61 bits per heavy atom. The van der Waals surface area contributed by atoms with Crippen molar-refractivity contribution in [3.63, 3.8) is 0 Å². The number of hydrogen-bond acceptors (Lipinski definition) is 4. The molecule has 28 heavy (non-hydrogen) atoms. The molecular formula is C20H19ClN4O3. The number of carbonyl (C=O) groups excluding carboxylic acids is 2. The number of rotatable bonds is 6. The van der Waals surface area contributed by atoms with Crippen LogP contribution in [0.5, 0.6) is 5.75 Å². The quantitative estimate of drug-likeness (QED) is 0.667. The highest BCUT2D eigenvalue weighted by atomic mass is 35.5. The van der Waals surface area contributed by atoms with Gasteiger partial charge in [-0.25, -0.2) is 0 Å². The summed E-state index contributed by atoms with van der Waals surface area (Å²) in [6, 6.07) is 14.1. The van der Waals surface area contributed by atoms with E-state index in [4.69, 9.17) is 16.3 Å². The second-order valence-corrected chi connectivity index (χ2v) is 6.48. The molecule has 7 nitrogen and oxygen atoms in total. The Labute approximate surface area is 167 Å². The zero-order chi connectivity index (χ0) is 20.1. The van der Waals surface area contributed by atoms with E-state index in [9.17, 15) is 9.59 Å². The fraction of sp³-hybridized carbons (Fsp3) is 0.150. The zero-order valence-electron chi connectivity index (χ0n) is 15.4. The van der Waals surface area contributed by atoms with Crippen molar-refractivity contribution >= 4 is 29.1 Å². The average Bonchev–Trinajstić information content (AvgIpc) is 3.07. The van der Waals surface area contributed by atoms with Gasteiger partial charge in [0.05, 0.1) is 5.69 Å². The fourth-order valence-electron chi connectivity index (χ4n) is 2.56. The van der Waals surface area contributed by atoms with E-state index in [2.05, 4.69) is 15.7 Å². The fourth-order valence-corrected chi connectivity index (χ4v) is 2.69. The molecule has 0 radical (unpaired) electrons. The Hall–Kier alpha value is -3.32. The molecule has 1 heterocycles. The molecule has 0 aliphatic carbocycles. The van der Waals surface area contributed by atoms with Crippen molar-refractivity contribution in [2.45, 2.75) is 6.61 Å². The molecular weight excluding hydrogens is 380 g/mol. The molecule has 8 heteroatoms. The molecule has 2 amide bonds. The summed E-state index contributed by atoms with van der Waals surface area (Å²) in [5.74, 6) is -0.0302. The van der Waals surface area contributed by atoms with E-state index >= 15 is 0 Å². The van der Waals surface area contributed by atoms with E-state index < -0.39 is 0 Å². The van der Waals surface area contributed by atoms with Crippen molar-refractivity contribution in [2.24, 2.45) is 7.05 Å². The van der Waals surface area contributed by atoms with E-state index in [1.54, 1.807) is 55.7 Å². The first kappa shape index (κ1) is 19.4. The topological polar surface area (TPSA) is 85.3 Å². The lowest BCUT2D eigenvalue weighted by Gasteiger charge is -2.09. The minimum absolute atomic E-state index is 0.153. The Morgan fingerprint density at radius 2 is 1.89 bits per heavy atom. The molecule has 0 bridgehead atoms. The molecule has 2 aromatic carbocycles. The van der Waals surface area contributed by atoms with Crippen LogP contribution in [0, 0.1) is 0 Å². The minimum Gasteiger partial charge on any atom is -0.489 e. The van der Waals surface area contributed by atoms with Gasteiger partial charge in [0.25, 0.3) is 11.8 Å². The Morgan fingerprint density at radius 1 is 1.14 bits per heavy atom. The number of halogens is 1. The van der Waals surface area contributed by atoms with E-state index in [0.29, 0.717) is 28.6 Å². The number of carbonyl (C=O) groups is 2. The van der Waals surface area contributed by atoms with Crippen LogP contribution in [0.1, 0.15) is 26.4 Å². The van der Waals surface area contributed by atoms with Gasteiger partial charge < -0.3 is 15.4 Å². The van der Waals surface area contributed by atoms with Crippen LogP contribution < -0.4 is 15.4 Å². The predicted molar refractivity (Wildman–Crippen MR) is 107 cm³/mol. The van der Waals surface area contributed by atoms with Gasteiger partial charge in [-0.15, -0.1) is 0 Å². The van der Waals surface area contributed by atoms with Crippen molar-refractivity contribution in [2.75, 3.05) is 12.4 Å². The lowest BCUT2D eigenvalue weighted by molar-refractivity contribution is 0.0958. The summed E-state index contributed by atoms with van der Waals surface area (Å²) in [6.07, 6.45) is 1.58. The van der Waals surface area contributed by atoms with Gasteiger partial charge >= 0.3 is 0 Å². The van der Waals surface area contributed by atoms with Crippen LogP contribution >= 0.6 is 11.6 Å². The molecule has 144 valence electrons. The SMILES string of the molecule is CNC(=O)c1nn(C)cc1NC(=O)c1cccc(COc2ccc(Cl)cc2)c1. The first-order valence-corrected chi connectivity index (χ1v) is 8.88. The number of nitrogens with zero attached hydrogens (tertiary/aromatic N) is 2. The summed E-state index contributed by atoms with van der Waals surface area (Å²) in [5.41, 5.74) is 1.78. The van der Waals surface area contributed by atoms with Gasteiger partial charge in [0.2, 0.25) is 0 Å². The van der Waals surface area contributed by atoms with Crippen LogP contribution in [-0.4, -0.2) is 28.6 Å². The molecule has 0 unspecified atom stereocenters. The van der Waals surface area contributed by atoms with E-state index in [1.165, 1.54) is 11.7 Å². The molecule has 1 aromatic heterocycles. The predicted octanol–water partition coefficient (Wildman–Crippen LogP) is 3.26. The van der Waals surface area contributed by atoms with Crippen LogP contribution in [0.4, 0.5) is 5.69 Å². The van der Waals surface area contributed by atoms with Crippen LogP contribution in [0.25, 0.3) is 0 Å². The van der Waals surface area contributed by atoms with Crippen molar-refractivity contribution in [3.05, 3.63) is 76.6 Å². The van der Waals surface area contributed by atoms with Crippen molar-refractivity contribution in [1.82, 2.24) is 15.1 Å². The van der Waals surface area contributed by atoms with E-state index in [-0.39, 0.29) is 17.5 Å². The summed E-state index contributed by atoms with van der Waals surface area (Å²) in [4.78, 5) is 24.5. The van der Waals surface area contributed by atoms with Crippen LogP contribution in [0.3, 0.4) is 0 Å². The van der Waals surface area contributed by atoms with Crippen LogP contribution in [0.2, 0.25) is 5.02 Å². The van der Waals surface area contributed by atoms with E-state index in [0.717, 1.165) is 5.56 Å². The number of ether oxygens (including phenoxy) is 1. The number of aromatic nitrogens is 2. The molecule has 0 fully saturated rings. The molecule has 3 aromatic rings. The lowest BCUT2D eigenvalue weighted by atomic mass is 10.1. The Balaban J connectivity index is 1.70. The maximum absolute atomic E-state index is 12.6. The van der Waals surface area contributed by atoms with E-state index in [1.807, 2.05) is 6.07 Å². The second kappa shape index (κ2) is 8.58. The molecule has 3 rings (SSSR count). The Bertz CT molecular complexity index is 999. The average molecular weight is 399 g/mol. The standard InChI is InChI=1S/C20H19ClN4O3/c1-22-20(27)18-17(11-25(2)24-18)23-19(26)14-5-3-4-13(10-14)12-28-16-8-6-15(21)7-9-16/h3-11H,12H2,1-2H3,(H,22,27)(H,23,26). The van der Waals surface area contributed by atoms with Gasteiger partial charge in [0.1, 0.15) is 12.4 Å². The third kappa shape index (κ3) is 4.69. The van der Waals surface area contributed by atoms with Crippen molar-refractivity contribution in [3.8, 4) is 5.75 Å². The Kier molecular flexibility index (Phi) is 5.96. The number of amides is 2. The summed E-state index contributed by atoms with van der Waals surface area (Å²) in [6.45, 7) is 0.305. The van der Waals surface area contributed by atoms with Crippen molar-refractivity contribution in [1.29, 1.82) is 0 Å². The second-order valence-electron chi connectivity index (χ2n) is 6.04. The number of aryl methyl sites for hydroxylation is 1. The van der Waals surface area contributed by atoms with Gasteiger partial charge in [-0.2, -0.15) is 5.10 Å². The first-order chi connectivity index (χ1) is 13.5. The number of hydrogen-bond donors (Lipinski definition) is 2. The van der Waals surface area contributed by atoms with Gasteiger partial charge in [0, 0.05) is 30.9 Å². The maximum atomic E-state index is 12.6. The van der Waals surface area contributed by atoms with Gasteiger partial charge in [-0.3, -0.25) is 14.3 Å². The summed E-state index contributed by atoms with van der Waals surface area (Å²) >= 11 is 5.86. The van der Waals surface area contributed by atoms with Gasteiger partial charge in [0.15, 0.2) is 5.69 Å². The molecule has 0 saturated heterocycles. The minimum atomic E-state index is -0.374. The molecule has 0 saturated carbocycles. The normalized spacial score (nSPS) is 10.4. The smallest absolute Gasteiger partial charge is 0.273 e. The van der Waals surface area contributed by atoms with Crippen LogP contribution in [-0.2, 0) is 13.7 Å². The summed E-state index contributed by atoms with van der Waals surface area (Å²) in [7, 11) is 3.18. The molecule has 2 N–H and O–H groups in total. The number of anilines is 1.